The van der Waals surface area contributed by atoms with Gasteiger partial charge in [-0.05, 0) is 32.0 Å². The van der Waals surface area contributed by atoms with Gasteiger partial charge in [0, 0.05) is 25.8 Å². The number of nitrogens with two attached hydrogens (primary N) is 1. The Kier molecular flexibility index (Phi) is 3.84. The second kappa shape index (κ2) is 5.36. The van der Waals surface area contributed by atoms with E-state index in [1.807, 2.05) is 6.07 Å². The van der Waals surface area contributed by atoms with E-state index in [0.717, 1.165) is 24.5 Å². The van der Waals surface area contributed by atoms with Crippen molar-refractivity contribution in [2.24, 2.45) is 0 Å². The molecule has 17 heavy (non-hydrogen) atoms. The first kappa shape index (κ1) is 12.2. The molecule has 4 nitrogen and oxygen atoms in total. The lowest BCUT2D eigenvalue weighted by Gasteiger charge is -2.29. The van der Waals surface area contributed by atoms with Gasteiger partial charge in [-0.3, -0.25) is 9.88 Å². The SMILES string of the molecule is CCN1CCCC1CN(C)c1ccncc1N. The summed E-state index contributed by atoms with van der Waals surface area (Å²) in [6.07, 6.45) is 6.13. The summed E-state index contributed by atoms with van der Waals surface area (Å²) in [6.45, 7) is 5.66. The Labute approximate surface area is 103 Å². The Morgan fingerprint density at radius 1 is 1.59 bits per heavy atom. The van der Waals surface area contributed by atoms with E-state index in [9.17, 15) is 0 Å². The normalized spacial score (nSPS) is 20.7. The van der Waals surface area contributed by atoms with Gasteiger partial charge in [-0.1, -0.05) is 6.92 Å². The molecule has 2 rings (SSSR count). The number of hydrogen-bond donors (Lipinski definition) is 1. The van der Waals surface area contributed by atoms with Crippen molar-refractivity contribution in [3.63, 3.8) is 0 Å². The predicted octanol–water partition coefficient (Wildman–Crippen LogP) is 1.58. The average molecular weight is 234 g/mol. The van der Waals surface area contributed by atoms with Crippen LogP contribution in [0.3, 0.4) is 0 Å². The second-order valence-corrected chi connectivity index (χ2v) is 4.74. The van der Waals surface area contributed by atoms with Crippen LogP contribution < -0.4 is 10.6 Å². The van der Waals surface area contributed by atoms with E-state index in [1.165, 1.54) is 19.4 Å². The Hall–Kier alpha value is -1.29. The quantitative estimate of drug-likeness (QED) is 0.859. The first-order chi connectivity index (χ1) is 8.22. The number of nitrogen functional groups attached to an aromatic ring is 1. The van der Waals surface area contributed by atoms with Crippen LogP contribution in [-0.2, 0) is 0 Å². The van der Waals surface area contributed by atoms with Gasteiger partial charge in [0.15, 0.2) is 0 Å². The van der Waals surface area contributed by atoms with Crippen molar-refractivity contribution in [2.75, 3.05) is 37.3 Å². The fraction of sp³-hybridized carbons (Fsp3) is 0.615. The number of rotatable bonds is 4. The van der Waals surface area contributed by atoms with Crippen LogP contribution in [0.1, 0.15) is 19.8 Å². The molecular weight excluding hydrogens is 212 g/mol. The predicted molar refractivity (Wildman–Crippen MR) is 72.2 cm³/mol. The van der Waals surface area contributed by atoms with Crippen molar-refractivity contribution in [1.29, 1.82) is 0 Å². The Bertz CT molecular complexity index is 366. The van der Waals surface area contributed by atoms with Crippen LogP contribution in [0.25, 0.3) is 0 Å². The molecule has 1 fully saturated rings. The molecular formula is C13H22N4. The lowest BCUT2D eigenvalue weighted by molar-refractivity contribution is 0.270. The van der Waals surface area contributed by atoms with Crippen LogP contribution in [0.15, 0.2) is 18.5 Å². The zero-order valence-corrected chi connectivity index (χ0v) is 10.8. The number of likely N-dealkylation sites (tertiary alicyclic amines) is 1. The Balaban J connectivity index is 2.01. The minimum atomic E-state index is 0.664. The summed E-state index contributed by atoms with van der Waals surface area (Å²) in [5.74, 6) is 0. The molecule has 0 saturated carbocycles. The van der Waals surface area contributed by atoms with E-state index in [2.05, 4.69) is 28.8 Å². The maximum atomic E-state index is 5.95. The molecule has 1 aromatic rings. The third kappa shape index (κ3) is 2.69. The smallest absolute Gasteiger partial charge is 0.0738 e. The third-order valence-corrected chi connectivity index (χ3v) is 3.63. The summed E-state index contributed by atoms with van der Waals surface area (Å²) >= 11 is 0. The summed E-state index contributed by atoms with van der Waals surface area (Å²) in [5, 5.41) is 0. The van der Waals surface area contributed by atoms with Crippen LogP contribution in [-0.4, -0.2) is 42.6 Å². The molecule has 0 aromatic carbocycles. The van der Waals surface area contributed by atoms with E-state index in [-0.39, 0.29) is 0 Å². The van der Waals surface area contributed by atoms with Crippen molar-refractivity contribution in [3.05, 3.63) is 18.5 Å². The van der Waals surface area contributed by atoms with E-state index in [4.69, 9.17) is 5.73 Å². The number of likely N-dealkylation sites (N-methyl/N-ethyl adjacent to an activating group) is 2. The highest BCUT2D eigenvalue weighted by Gasteiger charge is 2.24. The molecule has 1 aromatic heterocycles. The zero-order valence-electron chi connectivity index (χ0n) is 10.8. The molecule has 1 unspecified atom stereocenters. The summed E-state index contributed by atoms with van der Waals surface area (Å²) in [4.78, 5) is 8.82. The zero-order chi connectivity index (χ0) is 12.3. The topological polar surface area (TPSA) is 45.4 Å². The van der Waals surface area contributed by atoms with Gasteiger partial charge < -0.3 is 10.6 Å². The van der Waals surface area contributed by atoms with Gasteiger partial charge in [0.2, 0.25) is 0 Å². The van der Waals surface area contributed by atoms with Crippen molar-refractivity contribution in [1.82, 2.24) is 9.88 Å². The van der Waals surface area contributed by atoms with Crippen LogP contribution in [0.2, 0.25) is 0 Å². The Morgan fingerprint density at radius 3 is 3.12 bits per heavy atom. The van der Waals surface area contributed by atoms with Gasteiger partial charge in [-0.15, -0.1) is 0 Å². The maximum absolute atomic E-state index is 5.95. The number of aromatic nitrogens is 1. The molecule has 0 bridgehead atoms. The maximum Gasteiger partial charge on any atom is 0.0738 e. The number of nitrogens with zero attached hydrogens (tertiary/aromatic N) is 3. The van der Waals surface area contributed by atoms with Gasteiger partial charge in [-0.2, -0.15) is 0 Å². The number of pyridine rings is 1. The molecule has 0 radical (unpaired) electrons. The summed E-state index contributed by atoms with van der Waals surface area (Å²) < 4.78 is 0. The van der Waals surface area contributed by atoms with Crippen molar-refractivity contribution < 1.29 is 0 Å². The average Bonchev–Trinajstić information content (AvgIpc) is 2.76. The van der Waals surface area contributed by atoms with Crippen molar-refractivity contribution in [2.45, 2.75) is 25.8 Å². The number of anilines is 2. The highest BCUT2D eigenvalue weighted by Crippen LogP contribution is 2.23. The summed E-state index contributed by atoms with van der Waals surface area (Å²) in [7, 11) is 2.11. The van der Waals surface area contributed by atoms with Crippen LogP contribution >= 0.6 is 0 Å². The molecule has 1 atom stereocenters. The van der Waals surface area contributed by atoms with Crippen LogP contribution in [0, 0.1) is 0 Å². The van der Waals surface area contributed by atoms with Gasteiger partial charge in [0.1, 0.15) is 0 Å². The minimum Gasteiger partial charge on any atom is -0.396 e. The summed E-state index contributed by atoms with van der Waals surface area (Å²) in [6, 6.07) is 2.65. The highest BCUT2D eigenvalue weighted by molar-refractivity contribution is 5.65. The standard InChI is InChI=1S/C13H22N4/c1-3-17-8-4-5-11(17)10-16(2)13-6-7-15-9-12(13)14/h6-7,9,11H,3-5,8,10,14H2,1-2H3. The second-order valence-electron chi connectivity index (χ2n) is 4.74. The molecule has 0 aliphatic carbocycles. The molecule has 2 heterocycles. The number of hydrogen-bond acceptors (Lipinski definition) is 4. The third-order valence-electron chi connectivity index (χ3n) is 3.63. The minimum absolute atomic E-state index is 0.664. The lowest BCUT2D eigenvalue weighted by Crippen LogP contribution is -2.38. The van der Waals surface area contributed by atoms with Gasteiger partial charge >= 0.3 is 0 Å². The molecule has 94 valence electrons. The van der Waals surface area contributed by atoms with Crippen LogP contribution in [0.4, 0.5) is 11.4 Å². The highest BCUT2D eigenvalue weighted by atomic mass is 15.2. The van der Waals surface area contributed by atoms with Gasteiger partial charge in [-0.25, -0.2) is 0 Å². The molecule has 0 amide bonds. The summed E-state index contributed by atoms with van der Waals surface area (Å²) in [5.41, 5.74) is 7.79. The van der Waals surface area contributed by atoms with E-state index in [1.54, 1.807) is 12.4 Å². The van der Waals surface area contributed by atoms with Crippen molar-refractivity contribution in [3.8, 4) is 0 Å². The first-order valence-electron chi connectivity index (χ1n) is 6.37. The molecule has 1 saturated heterocycles. The Morgan fingerprint density at radius 2 is 2.41 bits per heavy atom. The van der Waals surface area contributed by atoms with Gasteiger partial charge in [0.05, 0.1) is 17.6 Å². The van der Waals surface area contributed by atoms with Gasteiger partial charge in [0.25, 0.3) is 0 Å². The monoisotopic (exact) mass is 234 g/mol. The molecule has 1 aliphatic rings. The largest absolute Gasteiger partial charge is 0.396 e. The fourth-order valence-electron chi connectivity index (χ4n) is 2.68. The van der Waals surface area contributed by atoms with E-state index >= 15 is 0 Å². The molecule has 1 aliphatic heterocycles. The van der Waals surface area contributed by atoms with E-state index < -0.39 is 0 Å². The van der Waals surface area contributed by atoms with Crippen molar-refractivity contribution >= 4 is 11.4 Å². The fourth-order valence-corrected chi connectivity index (χ4v) is 2.68. The molecule has 0 spiro atoms. The molecule has 4 heteroatoms. The lowest BCUT2D eigenvalue weighted by atomic mass is 10.2. The van der Waals surface area contributed by atoms with Crippen LogP contribution in [0.5, 0.6) is 0 Å². The first-order valence-corrected chi connectivity index (χ1v) is 6.37. The molecule has 2 N–H and O–H groups in total. The van der Waals surface area contributed by atoms with E-state index in [0.29, 0.717) is 6.04 Å².